The summed E-state index contributed by atoms with van der Waals surface area (Å²) >= 11 is 0. The smallest absolute Gasteiger partial charge is 0.160 e. The maximum absolute atomic E-state index is 5.09. The Bertz CT molecular complexity index is 2580. The second-order valence-electron chi connectivity index (χ2n) is 12.2. The van der Waals surface area contributed by atoms with Gasteiger partial charge in [-0.3, -0.25) is 4.98 Å². The summed E-state index contributed by atoms with van der Waals surface area (Å²) in [5.41, 5.74) is 12.5. The maximum atomic E-state index is 5.09. The molecular formula is C45H29N5. The van der Waals surface area contributed by atoms with Crippen LogP contribution < -0.4 is 0 Å². The second kappa shape index (κ2) is 12.6. The van der Waals surface area contributed by atoms with E-state index < -0.39 is 0 Å². The minimum Gasteiger partial charge on any atom is -0.255 e. The van der Waals surface area contributed by atoms with Crippen molar-refractivity contribution in [2.24, 2.45) is 0 Å². The number of nitrogens with zero attached hydrogens (tertiary/aromatic N) is 5. The third-order valence-corrected chi connectivity index (χ3v) is 8.92. The predicted molar refractivity (Wildman–Crippen MR) is 203 cm³/mol. The predicted octanol–water partition coefficient (Wildman–Crippen LogP) is 11.0. The van der Waals surface area contributed by atoms with Gasteiger partial charge in [-0.2, -0.15) is 0 Å². The Kier molecular flexibility index (Phi) is 7.41. The van der Waals surface area contributed by atoms with Crippen LogP contribution in [0.3, 0.4) is 0 Å². The lowest BCUT2D eigenvalue weighted by molar-refractivity contribution is 1.18. The average molecular weight is 640 g/mol. The van der Waals surface area contributed by atoms with E-state index in [0.29, 0.717) is 5.82 Å². The number of fused-ring (bicyclic) bond motifs is 2. The first-order valence-electron chi connectivity index (χ1n) is 16.6. The highest BCUT2D eigenvalue weighted by molar-refractivity contribution is 5.90. The summed E-state index contributed by atoms with van der Waals surface area (Å²) in [6.07, 6.45) is 1.80. The third kappa shape index (κ3) is 5.78. The average Bonchev–Trinajstić information content (AvgIpc) is 3.21. The SMILES string of the molecule is c1ccc(-c2cc(-c3cccc(-c4ccc5cc(-c6ccc7ccc(-c8ccccn8)nc7c6)ccc5n4)c3)nc(-c3ccccc3)n2)cc1. The first-order chi connectivity index (χ1) is 24.7. The Morgan fingerprint density at radius 1 is 0.280 bits per heavy atom. The van der Waals surface area contributed by atoms with Crippen molar-refractivity contribution < 1.29 is 0 Å². The van der Waals surface area contributed by atoms with Crippen LogP contribution in [0.25, 0.3) is 89.5 Å². The normalized spacial score (nSPS) is 11.2. The highest BCUT2D eigenvalue weighted by Gasteiger charge is 2.12. The third-order valence-electron chi connectivity index (χ3n) is 8.92. The van der Waals surface area contributed by atoms with E-state index in [4.69, 9.17) is 19.9 Å². The number of hydrogen-bond donors (Lipinski definition) is 0. The summed E-state index contributed by atoms with van der Waals surface area (Å²) in [5.74, 6) is 0.697. The van der Waals surface area contributed by atoms with Gasteiger partial charge >= 0.3 is 0 Å². The number of pyridine rings is 3. The van der Waals surface area contributed by atoms with E-state index in [1.165, 1.54) is 0 Å². The molecular weight excluding hydrogens is 611 g/mol. The Hall–Kier alpha value is -6.85. The topological polar surface area (TPSA) is 64.5 Å². The van der Waals surface area contributed by atoms with Crippen LogP contribution in [0.15, 0.2) is 176 Å². The van der Waals surface area contributed by atoms with Crippen molar-refractivity contribution in [1.82, 2.24) is 24.9 Å². The van der Waals surface area contributed by atoms with Crippen LogP contribution in [0.1, 0.15) is 0 Å². The first-order valence-corrected chi connectivity index (χ1v) is 16.6. The zero-order valence-corrected chi connectivity index (χ0v) is 27.0. The van der Waals surface area contributed by atoms with Crippen molar-refractivity contribution >= 4 is 21.8 Å². The number of rotatable bonds is 6. The van der Waals surface area contributed by atoms with E-state index in [1.807, 2.05) is 72.8 Å². The maximum Gasteiger partial charge on any atom is 0.160 e. The van der Waals surface area contributed by atoms with Crippen LogP contribution in [-0.2, 0) is 0 Å². The van der Waals surface area contributed by atoms with Crippen molar-refractivity contribution in [2.45, 2.75) is 0 Å². The van der Waals surface area contributed by atoms with Crippen LogP contribution >= 0.6 is 0 Å². The summed E-state index contributed by atoms with van der Waals surface area (Å²) in [4.78, 5) is 24.5. The van der Waals surface area contributed by atoms with Crippen molar-refractivity contribution in [3.05, 3.63) is 176 Å². The van der Waals surface area contributed by atoms with E-state index in [0.717, 1.165) is 83.7 Å². The zero-order chi connectivity index (χ0) is 33.3. The van der Waals surface area contributed by atoms with Crippen molar-refractivity contribution in [1.29, 1.82) is 0 Å². The fraction of sp³-hybridized carbons (Fsp3) is 0. The number of benzene rings is 5. The molecule has 0 fully saturated rings. The lowest BCUT2D eigenvalue weighted by Gasteiger charge is -2.11. The Morgan fingerprint density at radius 2 is 0.900 bits per heavy atom. The molecule has 0 atom stereocenters. The quantitative estimate of drug-likeness (QED) is 0.181. The summed E-state index contributed by atoms with van der Waals surface area (Å²) in [6, 6.07) is 58.0. The first kappa shape index (κ1) is 29.3. The molecule has 0 aliphatic heterocycles. The highest BCUT2D eigenvalue weighted by Crippen LogP contribution is 2.32. The van der Waals surface area contributed by atoms with Gasteiger partial charge in [-0.25, -0.2) is 19.9 Å². The summed E-state index contributed by atoms with van der Waals surface area (Å²) < 4.78 is 0. The number of hydrogen-bond acceptors (Lipinski definition) is 5. The van der Waals surface area contributed by atoms with Crippen LogP contribution in [0.4, 0.5) is 0 Å². The molecule has 4 aromatic heterocycles. The molecule has 0 N–H and O–H groups in total. The van der Waals surface area contributed by atoms with E-state index in [-0.39, 0.29) is 0 Å². The zero-order valence-electron chi connectivity index (χ0n) is 27.0. The lowest BCUT2D eigenvalue weighted by atomic mass is 10.00. The van der Waals surface area contributed by atoms with Crippen molar-refractivity contribution in [2.75, 3.05) is 0 Å². The molecule has 5 aromatic carbocycles. The van der Waals surface area contributed by atoms with Crippen molar-refractivity contribution in [3.8, 4) is 67.7 Å². The minimum atomic E-state index is 0.697. The van der Waals surface area contributed by atoms with Gasteiger partial charge in [0, 0.05) is 39.2 Å². The summed E-state index contributed by atoms with van der Waals surface area (Å²) in [7, 11) is 0. The van der Waals surface area contributed by atoms with Gasteiger partial charge in [-0.05, 0) is 65.7 Å². The molecule has 0 amide bonds. The van der Waals surface area contributed by atoms with Crippen LogP contribution in [0.2, 0.25) is 0 Å². The van der Waals surface area contributed by atoms with Gasteiger partial charge in [0.1, 0.15) is 0 Å². The molecule has 5 nitrogen and oxygen atoms in total. The standard InChI is InChI=1S/C45H29N5/c1-3-10-30(11-4-1)43-29-44(50-45(49-43)32-12-5-2-6-13-32)36-15-9-14-35(27-36)38-23-21-37-26-33(20-22-39(37)47-38)34-18-17-31-19-24-41(48-42(31)28-34)40-16-7-8-25-46-40/h1-29H. The molecule has 0 unspecified atom stereocenters. The Morgan fingerprint density at radius 3 is 1.70 bits per heavy atom. The van der Waals surface area contributed by atoms with Crippen LogP contribution in [0.5, 0.6) is 0 Å². The van der Waals surface area contributed by atoms with E-state index in [2.05, 4.69) is 102 Å². The molecule has 0 spiro atoms. The molecule has 5 heteroatoms. The molecule has 0 bridgehead atoms. The second-order valence-corrected chi connectivity index (χ2v) is 12.2. The minimum absolute atomic E-state index is 0.697. The van der Waals surface area contributed by atoms with Gasteiger partial charge in [0.2, 0.25) is 0 Å². The molecule has 0 saturated heterocycles. The molecule has 234 valence electrons. The van der Waals surface area contributed by atoms with Gasteiger partial charge in [0.15, 0.2) is 5.82 Å². The molecule has 0 radical (unpaired) electrons. The van der Waals surface area contributed by atoms with Gasteiger partial charge in [0.05, 0.1) is 39.5 Å². The molecule has 9 aromatic rings. The van der Waals surface area contributed by atoms with E-state index >= 15 is 0 Å². The van der Waals surface area contributed by atoms with Gasteiger partial charge in [-0.1, -0.05) is 115 Å². The fourth-order valence-corrected chi connectivity index (χ4v) is 6.33. The molecule has 9 rings (SSSR count). The Balaban J connectivity index is 1.05. The Labute approximate surface area is 289 Å². The summed E-state index contributed by atoms with van der Waals surface area (Å²) in [5, 5.41) is 2.17. The van der Waals surface area contributed by atoms with E-state index in [9.17, 15) is 0 Å². The van der Waals surface area contributed by atoms with Crippen LogP contribution in [-0.4, -0.2) is 24.9 Å². The molecule has 4 heterocycles. The lowest BCUT2D eigenvalue weighted by Crippen LogP contribution is -1.96. The van der Waals surface area contributed by atoms with Gasteiger partial charge in [-0.15, -0.1) is 0 Å². The molecule has 0 saturated carbocycles. The van der Waals surface area contributed by atoms with E-state index in [1.54, 1.807) is 6.20 Å². The highest BCUT2D eigenvalue weighted by atomic mass is 14.9. The molecule has 0 aliphatic carbocycles. The monoisotopic (exact) mass is 639 g/mol. The molecule has 0 aliphatic rings. The van der Waals surface area contributed by atoms with Gasteiger partial charge < -0.3 is 0 Å². The van der Waals surface area contributed by atoms with Crippen LogP contribution in [0, 0.1) is 0 Å². The fourth-order valence-electron chi connectivity index (χ4n) is 6.33. The molecule has 50 heavy (non-hydrogen) atoms. The largest absolute Gasteiger partial charge is 0.255 e. The van der Waals surface area contributed by atoms with Gasteiger partial charge in [0.25, 0.3) is 0 Å². The number of aromatic nitrogens is 5. The summed E-state index contributed by atoms with van der Waals surface area (Å²) in [6.45, 7) is 0. The van der Waals surface area contributed by atoms with Crippen molar-refractivity contribution in [3.63, 3.8) is 0 Å².